The van der Waals surface area contributed by atoms with Crippen LogP contribution < -0.4 is 10.5 Å². The summed E-state index contributed by atoms with van der Waals surface area (Å²) in [6.45, 7) is 7.06. The van der Waals surface area contributed by atoms with Crippen LogP contribution in [0.25, 0.3) is 0 Å². The van der Waals surface area contributed by atoms with E-state index < -0.39 is 0 Å². The monoisotopic (exact) mass is 259 g/mol. The van der Waals surface area contributed by atoms with Gasteiger partial charge in [-0.2, -0.15) is 5.10 Å². The van der Waals surface area contributed by atoms with E-state index >= 15 is 0 Å². The zero-order chi connectivity index (χ0) is 13.9. The Balaban J connectivity index is 1.99. The lowest BCUT2D eigenvalue weighted by Gasteiger charge is -2.23. The molecular weight excluding hydrogens is 238 g/mol. The Labute approximate surface area is 114 Å². The van der Waals surface area contributed by atoms with E-state index in [2.05, 4.69) is 38.0 Å². The Morgan fingerprint density at radius 2 is 1.89 bits per heavy atom. The predicted octanol–water partition coefficient (Wildman–Crippen LogP) is 3.19. The zero-order valence-corrected chi connectivity index (χ0v) is 11.8. The van der Waals surface area contributed by atoms with Crippen LogP contribution in [0.2, 0.25) is 0 Å². The second-order valence-corrected chi connectivity index (χ2v) is 5.32. The molecule has 0 radical (unpaired) electrons. The number of hydrogen-bond acceptors (Lipinski definition) is 3. The molecule has 0 amide bonds. The average molecular weight is 259 g/mol. The number of nitrogen functional groups attached to an aromatic ring is 1. The zero-order valence-electron chi connectivity index (χ0n) is 11.8. The molecule has 102 valence electrons. The van der Waals surface area contributed by atoms with Gasteiger partial charge in [0.1, 0.15) is 11.6 Å². The van der Waals surface area contributed by atoms with E-state index in [9.17, 15) is 0 Å². The number of benzene rings is 1. The van der Waals surface area contributed by atoms with Gasteiger partial charge in [0.05, 0.1) is 0 Å². The molecule has 1 aromatic heterocycles. The number of rotatable bonds is 5. The van der Waals surface area contributed by atoms with Gasteiger partial charge in [0.2, 0.25) is 0 Å². The van der Waals surface area contributed by atoms with E-state index in [4.69, 9.17) is 10.5 Å². The SMILES string of the molecule is CCC(C)(C)c1ccc(OCn2ccc(N)n2)cc1. The van der Waals surface area contributed by atoms with Crippen molar-refractivity contribution in [1.29, 1.82) is 0 Å². The van der Waals surface area contributed by atoms with E-state index in [1.807, 2.05) is 12.1 Å². The maximum atomic E-state index is 5.65. The number of nitrogens with zero attached hydrogens (tertiary/aromatic N) is 2. The van der Waals surface area contributed by atoms with Crippen molar-refractivity contribution in [3.63, 3.8) is 0 Å². The summed E-state index contributed by atoms with van der Waals surface area (Å²) in [5, 5.41) is 4.07. The second kappa shape index (κ2) is 5.34. The maximum absolute atomic E-state index is 5.65. The number of ether oxygens (including phenoxy) is 1. The smallest absolute Gasteiger partial charge is 0.180 e. The van der Waals surface area contributed by atoms with Crippen molar-refractivity contribution in [2.75, 3.05) is 5.73 Å². The topological polar surface area (TPSA) is 53.1 Å². The number of aromatic nitrogens is 2. The molecule has 19 heavy (non-hydrogen) atoms. The van der Waals surface area contributed by atoms with Crippen molar-refractivity contribution < 1.29 is 4.74 Å². The van der Waals surface area contributed by atoms with Gasteiger partial charge in [0, 0.05) is 12.3 Å². The van der Waals surface area contributed by atoms with Gasteiger partial charge < -0.3 is 10.5 Å². The summed E-state index contributed by atoms with van der Waals surface area (Å²) in [6.07, 6.45) is 2.91. The second-order valence-electron chi connectivity index (χ2n) is 5.32. The minimum atomic E-state index is 0.203. The molecule has 4 heteroatoms. The van der Waals surface area contributed by atoms with Gasteiger partial charge in [-0.05, 0) is 29.5 Å². The van der Waals surface area contributed by atoms with Crippen LogP contribution in [0.4, 0.5) is 5.82 Å². The molecule has 4 nitrogen and oxygen atoms in total. The molecule has 0 atom stereocenters. The summed E-state index contributed by atoms with van der Waals surface area (Å²) in [5.74, 6) is 1.34. The molecule has 2 aromatic rings. The molecule has 0 unspecified atom stereocenters. The number of hydrogen-bond donors (Lipinski definition) is 1. The molecule has 0 fully saturated rings. The van der Waals surface area contributed by atoms with Crippen molar-refractivity contribution >= 4 is 5.82 Å². The molecule has 0 spiro atoms. The van der Waals surface area contributed by atoms with Gasteiger partial charge in [0.25, 0.3) is 0 Å². The van der Waals surface area contributed by atoms with Gasteiger partial charge in [-0.25, -0.2) is 4.68 Å². The fourth-order valence-electron chi connectivity index (χ4n) is 1.80. The first-order valence-corrected chi connectivity index (χ1v) is 6.53. The lowest BCUT2D eigenvalue weighted by molar-refractivity contribution is 0.221. The molecule has 0 bridgehead atoms. The summed E-state index contributed by atoms with van der Waals surface area (Å²) in [7, 11) is 0. The molecule has 2 rings (SSSR count). The standard InChI is InChI=1S/C15H21N3O/c1-4-15(2,3)12-5-7-13(8-6-12)19-11-18-10-9-14(16)17-18/h5-10H,4,11H2,1-3H3,(H2,16,17). The molecule has 0 aliphatic heterocycles. The minimum absolute atomic E-state index is 0.203. The maximum Gasteiger partial charge on any atom is 0.180 e. The molecule has 0 aliphatic carbocycles. The van der Waals surface area contributed by atoms with Gasteiger partial charge >= 0.3 is 0 Å². The summed E-state index contributed by atoms with van der Waals surface area (Å²) in [5.41, 5.74) is 7.07. The molecule has 2 N–H and O–H groups in total. The Bertz CT molecular complexity index is 529. The van der Waals surface area contributed by atoms with Crippen molar-refractivity contribution in [1.82, 2.24) is 9.78 Å². The Kier molecular flexibility index (Phi) is 3.79. The lowest BCUT2D eigenvalue weighted by atomic mass is 9.82. The predicted molar refractivity (Wildman–Crippen MR) is 77.0 cm³/mol. The molecule has 0 saturated heterocycles. The third kappa shape index (κ3) is 3.28. The highest BCUT2D eigenvalue weighted by molar-refractivity contribution is 5.31. The van der Waals surface area contributed by atoms with Crippen LogP contribution in [0.5, 0.6) is 5.75 Å². The first kappa shape index (κ1) is 13.5. The summed E-state index contributed by atoms with van der Waals surface area (Å²) >= 11 is 0. The normalized spacial score (nSPS) is 11.5. The molecule has 1 aromatic carbocycles. The third-order valence-corrected chi connectivity index (χ3v) is 3.54. The van der Waals surface area contributed by atoms with Gasteiger partial charge in [-0.1, -0.05) is 32.9 Å². The van der Waals surface area contributed by atoms with Crippen molar-refractivity contribution in [2.45, 2.75) is 39.3 Å². The van der Waals surface area contributed by atoms with Crippen LogP contribution in [-0.2, 0) is 12.1 Å². The number of anilines is 1. The Morgan fingerprint density at radius 1 is 1.21 bits per heavy atom. The van der Waals surface area contributed by atoms with Crippen LogP contribution in [0.1, 0.15) is 32.8 Å². The molecular formula is C15H21N3O. The van der Waals surface area contributed by atoms with Crippen LogP contribution in [0.15, 0.2) is 36.5 Å². The van der Waals surface area contributed by atoms with Gasteiger partial charge in [-0.15, -0.1) is 0 Å². The largest absolute Gasteiger partial charge is 0.471 e. The van der Waals surface area contributed by atoms with E-state index in [0.29, 0.717) is 12.5 Å². The molecule has 0 saturated carbocycles. The first-order chi connectivity index (χ1) is 9.01. The van der Waals surface area contributed by atoms with E-state index in [1.54, 1.807) is 16.9 Å². The van der Waals surface area contributed by atoms with Crippen molar-refractivity contribution in [3.8, 4) is 5.75 Å². The fraction of sp³-hybridized carbons (Fsp3) is 0.400. The average Bonchev–Trinajstić information content (AvgIpc) is 2.83. The van der Waals surface area contributed by atoms with Crippen molar-refractivity contribution in [3.05, 3.63) is 42.1 Å². The van der Waals surface area contributed by atoms with Crippen LogP contribution in [0.3, 0.4) is 0 Å². The summed E-state index contributed by atoms with van der Waals surface area (Å²) < 4.78 is 7.32. The van der Waals surface area contributed by atoms with Crippen LogP contribution in [-0.4, -0.2) is 9.78 Å². The fourth-order valence-corrected chi connectivity index (χ4v) is 1.80. The van der Waals surface area contributed by atoms with E-state index in [1.165, 1.54) is 5.56 Å². The van der Waals surface area contributed by atoms with Crippen molar-refractivity contribution in [2.24, 2.45) is 0 Å². The van der Waals surface area contributed by atoms with E-state index in [0.717, 1.165) is 12.2 Å². The molecule has 0 aliphatic rings. The highest BCUT2D eigenvalue weighted by atomic mass is 16.5. The highest BCUT2D eigenvalue weighted by Crippen LogP contribution is 2.28. The minimum Gasteiger partial charge on any atom is -0.471 e. The van der Waals surface area contributed by atoms with Crippen LogP contribution in [0, 0.1) is 0 Å². The number of nitrogens with two attached hydrogens (primary N) is 1. The van der Waals surface area contributed by atoms with Gasteiger partial charge in [0.15, 0.2) is 6.73 Å². The summed E-state index contributed by atoms with van der Waals surface area (Å²) in [4.78, 5) is 0. The Hall–Kier alpha value is -1.97. The lowest BCUT2D eigenvalue weighted by Crippen LogP contribution is -2.15. The molecule has 1 heterocycles. The first-order valence-electron chi connectivity index (χ1n) is 6.53. The Morgan fingerprint density at radius 3 is 2.42 bits per heavy atom. The third-order valence-electron chi connectivity index (χ3n) is 3.54. The quantitative estimate of drug-likeness (QED) is 0.897. The van der Waals surface area contributed by atoms with Crippen LogP contribution >= 0.6 is 0 Å². The highest BCUT2D eigenvalue weighted by Gasteiger charge is 2.17. The van der Waals surface area contributed by atoms with Gasteiger partial charge in [-0.3, -0.25) is 0 Å². The van der Waals surface area contributed by atoms with E-state index in [-0.39, 0.29) is 5.41 Å². The summed E-state index contributed by atoms with van der Waals surface area (Å²) in [6, 6.07) is 9.99.